The van der Waals surface area contributed by atoms with E-state index in [0.29, 0.717) is 12.5 Å². The molecule has 1 aliphatic heterocycles. The number of benzene rings is 2. The highest BCUT2D eigenvalue weighted by Gasteiger charge is 2.28. The Bertz CT molecular complexity index is 825. The van der Waals surface area contributed by atoms with E-state index in [-0.39, 0.29) is 5.91 Å². The fraction of sp³-hybridized carbons (Fsp3) is 0.333. The van der Waals surface area contributed by atoms with Crippen molar-refractivity contribution in [3.8, 4) is 0 Å². The maximum atomic E-state index is 12.7. The topological polar surface area (TPSA) is 33.2 Å². The van der Waals surface area contributed by atoms with Crippen LogP contribution >= 0.6 is 11.3 Å². The standard InChI is InChI=1S/C21H22N2OS/c24-21(13-12-20-22-18-10-4-5-11-19(18)25-20)23-14-6-9-17(23)15-16-7-2-1-3-8-16/h1-5,7-8,10-11,17H,6,9,12-15H2/t17-/m0/s1. The van der Waals surface area contributed by atoms with Gasteiger partial charge in [-0.3, -0.25) is 4.79 Å². The van der Waals surface area contributed by atoms with Crippen molar-refractivity contribution >= 4 is 27.5 Å². The Morgan fingerprint density at radius 2 is 1.92 bits per heavy atom. The zero-order valence-electron chi connectivity index (χ0n) is 14.2. The first-order valence-electron chi connectivity index (χ1n) is 8.97. The summed E-state index contributed by atoms with van der Waals surface area (Å²) in [5, 5.41) is 1.06. The second-order valence-electron chi connectivity index (χ2n) is 6.65. The number of carbonyl (C=O) groups excluding carboxylic acids is 1. The number of hydrogen-bond donors (Lipinski definition) is 0. The lowest BCUT2D eigenvalue weighted by Crippen LogP contribution is -2.36. The minimum atomic E-state index is 0.276. The Kier molecular flexibility index (Phi) is 4.79. The second-order valence-corrected chi connectivity index (χ2v) is 7.76. The minimum absolute atomic E-state index is 0.276. The summed E-state index contributed by atoms with van der Waals surface area (Å²) in [5.74, 6) is 0.276. The summed E-state index contributed by atoms with van der Waals surface area (Å²) in [7, 11) is 0. The van der Waals surface area contributed by atoms with E-state index in [1.54, 1.807) is 11.3 Å². The predicted molar refractivity (Wildman–Crippen MR) is 103 cm³/mol. The molecule has 2 aromatic carbocycles. The van der Waals surface area contributed by atoms with E-state index in [1.165, 1.54) is 10.3 Å². The van der Waals surface area contributed by atoms with Crippen LogP contribution in [-0.4, -0.2) is 28.4 Å². The molecule has 0 spiro atoms. The third kappa shape index (κ3) is 3.74. The van der Waals surface area contributed by atoms with Crippen molar-refractivity contribution in [1.82, 2.24) is 9.88 Å². The first-order valence-corrected chi connectivity index (χ1v) is 9.79. The van der Waals surface area contributed by atoms with Crippen molar-refractivity contribution in [2.75, 3.05) is 6.54 Å². The molecule has 4 heteroatoms. The van der Waals surface area contributed by atoms with E-state index in [0.717, 1.165) is 42.8 Å². The van der Waals surface area contributed by atoms with Crippen LogP contribution in [-0.2, 0) is 17.6 Å². The van der Waals surface area contributed by atoms with Gasteiger partial charge in [0.25, 0.3) is 0 Å². The van der Waals surface area contributed by atoms with Gasteiger partial charge in [-0.2, -0.15) is 0 Å². The molecule has 1 saturated heterocycles. The van der Waals surface area contributed by atoms with Gasteiger partial charge >= 0.3 is 0 Å². The number of aryl methyl sites for hydroxylation is 1. The lowest BCUT2D eigenvalue weighted by Gasteiger charge is -2.25. The van der Waals surface area contributed by atoms with E-state index in [4.69, 9.17) is 0 Å². The van der Waals surface area contributed by atoms with Gasteiger partial charge in [-0.05, 0) is 37.0 Å². The van der Waals surface area contributed by atoms with Crippen LogP contribution in [0.5, 0.6) is 0 Å². The Hall–Kier alpha value is -2.20. The van der Waals surface area contributed by atoms with Crippen molar-refractivity contribution in [3.05, 3.63) is 65.2 Å². The van der Waals surface area contributed by atoms with Gasteiger partial charge < -0.3 is 4.90 Å². The molecule has 0 N–H and O–H groups in total. The molecule has 1 amide bonds. The monoisotopic (exact) mass is 350 g/mol. The van der Waals surface area contributed by atoms with Gasteiger partial charge in [0, 0.05) is 25.4 Å². The molecule has 1 aromatic heterocycles. The van der Waals surface area contributed by atoms with Crippen LogP contribution in [0.25, 0.3) is 10.2 Å². The quantitative estimate of drug-likeness (QED) is 0.680. The molecule has 128 valence electrons. The summed E-state index contributed by atoms with van der Waals surface area (Å²) < 4.78 is 1.20. The van der Waals surface area contributed by atoms with Crippen molar-refractivity contribution in [2.24, 2.45) is 0 Å². The van der Waals surface area contributed by atoms with Gasteiger partial charge in [-0.25, -0.2) is 4.98 Å². The predicted octanol–water partition coefficient (Wildman–Crippen LogP) is 4.46. The number of amides is 1. The third-order valence-electron chi connectivity index (χ3n) is 4.90. The molecule has 0 radical (unpaired) electrons. The smallest absolute Gasteiger partial charge is 0.223 e. The molecule has 0 aliphatic carbocycles. The second kappa shape index (κ2) is 7.36. The van der Waals surface area contributed by atoms with E-state index in [2.05, 4.69) is 40.2 Å². The number of fused-ring (bicyclic) bond motifs is 1. The van der Waals surface area contributed by atoms with Crippen molar-refractivity contribution < 1.29 is 4.79 Å². The van der Waals surface area contributed by atoms with Gasteiger partial charge in [-0.1, -0.05) is 42.5 Å². The van der Waals surface area contributed by atoms with Crippen LogP contribution in [0.4, 0.5) is 0 Å². The molecule has 25 heavy (non-hydrogen) atoms. The van der Waals surface area contributed by atoms with E-state index >= 15 is 0 Å². The van der Waals surface area contributed by atoms with Gasteiger partial charge in [0.05, 0.1) is 15.2 Å². The van der Waals surface area contributed by atoms with E-state index in [9.17, 15) is 4.79 Å². The number of aromatic nitrogens is 1. The van der Waals surface area contributed by atoms with Gasteiger partial charge in [0.2, 0.25) is 5.91 Å². The molecular weight excluding hydrogens is 328 g/mol. The lowest BCUT2D eigenvalue weighted by atomic mass is 10.0. The van der Waals surface area contributed by atoms with Crippen LogP contribution in [0.2, 0.25) is 0 Å². The Labute approximate surface area is 152 Å². The number of rotatable bonds is 5. The first-order chi connectivity index (χ1) is 12.3. The zero-order valence-corrected chi connectivity index (χ0v) is 15.0. The highest BCUT2D eigenvalue weighted by atomic mass is 32.1. The Morgan fingerprint density at radius 3 is 2.76 bits per heavy atom. The molecule has 0 unspecified atom stereocenters. The normalized spacial score (nSPS) is 17.3. The van der Waals surface area contributed by atoms with Crippen LogP contribution in [0, 0.1) is 0 Å². The molecule has 4 rings (SSSR count). The summed E-state index contributed by atoms with van der Waals surface area (Å²) in [6.45, 7) is 0.899. The Morgan fingerprint density at radius 1 is 1.12 bits per heavy atom. The molecule has 0 bridgehead atoms. The van der Waals surface area contributed by atoms with Crippen molar-refractivity contribution in [2.45, 2.75) is 38.1 Å². The molecule has 1 atom stereocenters. The van der Waals surface area contributed by atoms with Crippen molar-refractivity contribution in [3.63, 3.8) is 0 Å². The van der Waals surface area contributed by atoms with E-state index < -0.39 is 0 Å². The van der Waals surface area contributed by atoms with Crippen molar-refractivity contribution in [1.29, 1.82) is 0 Å². The number of thiazole rings is 1. The summed E-state index contributed by atoms with van der Waals surface area (Å²) >= 11 is 1.70. The van der Waals surface area contributed by atoms with Crippen LogP contribution < -0.4 is 0 Å². The number of hydrogen-bond acceptors (Lipinski definition) is 3. The number of likely N-dealkylation sites (tertiary alicyclic amines) is 1. The van der Waals surface area contributed by atoms with Crippen LogP contribution in [0.15, 0.2) is 54.6 Å². The Balaban J connectivity index is 1.38. The van der Waals surface area contributed by atoms with Crippen LogP contribution in [0.3, 0.4) is 0 Å². The van der Waals surface area contributed by atoms with Gasteiger partial charge in [0.1, 0.15) is 0 Å². The summed E-state index contributed by atoms with van der Waals surface area (Å²) in [5.41, 5.74) is 2.36. The SMILES string of the molecule is O=C(CCc1nc2ccccc2s1)N1CCC[C@H]1Cc1ccccc1. The number of para-hydroxylation sites is 1. The molecule has 1 fully saturated rings. The third-order valence-corrected chi connectivity index (χ3v) is 6.00. The summed E-state index contributed by atoms with van der Waals surface area (Å²) in [6.07, 6.45) is 4.50. The molecule has 0 saturated carbocycles. The average molecular weight is 350 g/mol. The number of nitrogens with zero attached hydrogens (tertiary/aromatic N) is 2. The van der Waals surface area contributed by atoms with Crippen LogP contribution in [0.1, 0.15) is 29.8 Å². The lowest BCUT2D eigenvalue weighted by molar-refractivity contribution is -0.131. The largest absolute Gasteiger partial charge is 0.339 e. The summed E-state index contributed by atoms with van der Waals surface area (Å²) in [4.78, 5) is 19.5. The van der Waals surface area contributed by atoms with Gasteiger partial charge in [-0.15, -0.1) is 11.3 Å². The highest BCUT2D eigenvalue weighted by Crippen LogP contribution is 2.25. The van der Waals surface area contributed by atoms with E-state index in [1.807, 2.05) is 24.3 Å². The molecule has 3 nitrogen and oxygen atoms in total. The molecule has 2 heterocycles. The minimum Gasteiger partial charge on any atom is -0.339 e. The average Bonchev–Trinajstić information content (AvgIpc) is 3.27. The fourth-order valence-electron chi connectivity index (χ4n) is 3.65. The maximum absolute atomic E-state index is 12.7. The fourth-order valence-corrected chi connectivity index (χ4v) is 4.61. The summed E-state index contributed by atoms with van der Waals surface area (Å²) in [6, 6.07) is 19.0. The molecule has 3 aromatic rings. The molecular formula is C21H22N2OS. The zero-order chi connectivity index (χ0) is 17.1. The maximum Gasteiger partial charge on any atom is 0.223 e. The number of carbonyl (C=O) groups is 1. The first kappa shape index (κ1) is 16.3. The van der Waals surface area contributed by atoms with Gasteiger partial charge in [0.15, 0.2) is 0 Å². The molecule has 1 aliphatic rings. The highest BCUT2D eigenvalue weighted by molar-refractivity contribution is 7.18.